The molecule has 0 atom stereocenters. The van der Waals surface area contributed by atoms with Crippen LogP contribution in [0.25, 0.3) is 33.9 Å². The van der Waals surface area contributed by atoms with Crippen LogP contribution in [0.5, 0.6) is 0 Å². The van der Waals surface area contributed by atoms with E-state index in [1.54, 1.807) is 48.5 Å². The summed E-state index contributed by atoms with van der Waals surface area (Å²) in [4.78, 5) is 47.6. The number of carbonyl (C=O) groups excluding carboxylic acids is 2. The lowest BCUT2D eigenvalue weighted by Gasteiger charge is -2.10. The molecule has 0 unspecified atom stereocenters. The second-order valence-electron chi connectivity index (χ2n) is 16.4. The van der Waals surface area contributed by atoms with E-state index >= 15 is 0 Å². The Morgan fingerprint density at radius 3 is 1.15 bits per heavy atom. The zero-order chi connectivity index (χ0) is 53.2. The fourth-order valence-corrected chi connectivity index (χ4v) is 9.05. The van der Waals surface area contributed by atoms with Crippen LogP contribution in [-0.4, -0.2) is 53.3 Å². The van der Waals surface area contributed by atoms with Crippen LogP contribution in [-0.2, 0) is 55.3 Å². The van der Waals surface area contributed by atoms with Crippen molar-refractivity contribution in [3.8, 4) is 33.9 Å². The minimum Gasteiger partial charge on any atom is -0.268 e. The van der Waals surface area contributed by atoms with Crippen molar-refractivity contribution in [2.45, 2.75) is 49.2 Å². The summed E-state index contributed by atoms with van der Waals surface area (Å²) in [6, 6.07) is 35.3. The third-order valence-electron chi connectivity index (χ3n) is 11.0. The summed E-state index contributed by atoms with van der Waals surface area (Å²) < 4.78 is 140. The maximum absolute atomic E-state index is 13.6. The number of aromatic nitrogens is 4. The Kier molecular flexibility index (Phi) is 14.3. The molecule has 0 saturated carbocycles. The molecule has 24 heteroatoms. The van der Waals surface area contributed by atoms with Gasteiger partial charge in [-0.05, 0) is 110 Å². The van der Waals surface area contributed by atoms with E-state index in [0.29, 0.717) is 22.3 Å². The summed E-state index contributed by atoms with van der Waals surface area (Å²) in [6.07, 6.45) is -9.50. The number of benzene rings is 6. The third kappa shape index (κ3) is 12.0. The van der Waals surface area contributed by atoms with Crippen LogP contribution < -0.4 is 9.44 Å². The molecule has 8 aromatic rings. The lowest BCUT2D eigenvalue weighted by atomic mass is 10.1. The molecule has 8 rings (SSSR count). The Morgan fingerprint density at radius 1 is 0.514 bits per heavy atom. The highest BCUT2D eigenvalue weighted by atomic mass is 32.2. The summed E-state index contributed by atoms with van der Waals surface area (Å²) in [5.41, 5.74) is 1.40. The monoisotopic (exact) mass is 1060 g/mol. The molecule has 2 aromatic heterocycles. The Hall–Kier alpha value is -8.64. The molecule has 380 valence electrons. The average Bonchev–Trinajstić information content (AvgIpc) is 4.03. The van der Waals surface area contributed by atoms with Gasteiger partial charge in [0.05, 0.1) is 32.6 Å². The molecule has 0 saturated heterocycles. The van der Waals surface area contributed by atoms with Gasteiger partial charge < -0.3 is 0 Å². The van der Waals surface area contributed by atoms with Crippen molar-refractivity contribution >= 4 is 31.9 Å². The highest BCUT2D eigenvalue weighted by Crippen LogP contribution is 2.35. The largest absolute Gasteiger partial charge is 0.478 e. The van der Waals surface area contributed by atoms with E-state index in [2.05, 4.69) is 10.2 Å². The van der Waals surface area contributed by atoms with Crippen molar-refractivity contribution < 1.29 is 67.5 Å². The fraction of sp³-hybridized carbons (Fsp3) is 0.120. The number of halogens is 6. The molecule has 0 fully saturated rings. The lowest BCUT2D eigenvalue weighted by Crippen LogP contribution is -2.30. The molecule has 0 aliphatic carbocycles. The number of nitrogens with zero attached hydrogens (tertiary/aromatic N) is 5. The van der Waals surface area contributed by atoms with Crippen LogP contribution in [0.1, 0.15) is 54.4 Å². The summed E-state index contributed by atoms with van der Waals surface area (Å²) in [7, 11) is -8.93. The van der Waals surface area contributed by atoms with E-state index < -0.39 is 55.6 Å². The van der Waals surface area contributed by atoms with Crippen LogP contribution in [0.3, 0.4) is 0 Å². The SMILES string of the molecule is Cc1ccc(-c2cc(C(F)(F)F)nn2-c2ccc(S(=O)(=O)NC(=O)c3ccc(CO[N+](=O)OCc4ccc(C(=O)NS(=O)(=O)c5ccc(-n6nc(C(F)(F)F)cc6-c6ccc(C)cc6)cc5)cc4)cc3)cc2)cc1. The van der Waals surface area contributed by atoms with Gasteiger partial charge in [0.25, 0.3) is 31.9 Å². The molecule has 0 aliphatic rings. The minimum atomic E-state index is -4.75. The zero-order valence-electron chi connectivity index (χ0n) is 38.4. The molecular weight excluding hydrogens is 1020 g/mol. The normalized spacial score (nSPS) is 12.0. The third-order valence-corrected chi connectivity index (χ3v) is 13.7. The first-order chi connectivity index (χ1) is 34.9. The summed E-state index contributed by atoms with van der Waals surface area (Å²) >= 11 is 0. The Bertz CT molecular complexity index is 3370. The number of sulfonamides is 2. The molecule has 2 amide bonds. The van der Waals surface area contributed by atoms with Gasteiger partial charge in [0, 0.05) is 22.3 Å². The van der Waals surface area contributed by atoms with Crippen molar-refractivity contribution in [2.75, 3.05) is 0 Å². The van der Waals surface area contributed by atoms with Crippen molar-refractivity contribution in [1.29, 1.82) is 0 Å². The van der Waals surface area contributed by atoms with Gasteiger partial charge in [0.1, 0.15) is 4.91 Å². The second-order valence-corrected chi connectivity index (χ2v) is 19.8. The molecule has 0 bridgehead atoms. The number of amides is 2. The molecule has 0 radical (unpaired) electrons. The van der Waals surface area contributed by atoms with Crippen LogP contribution >= 0.6 is 0 Å². The standard InChI is InChI=1S/C50H37F6N7O9S2/c1-31-3-11-35(12-4-31)43-27-45(49(51,52)53)57-61(43)39-19-23-41(24-20-39)73(67,68)59-47(64)37-15-7-33(8-16-37)29-71-63(66)72-30-34-9-17-38(18-10-34)48(65)60-74(69,70)42-25-21-40(22-26-42)62-44(28-46(58-62)50(54,55)56)36-13-5-32(2)6-14-36/h3-28H,29-30H2,1-2H3,(H-,59,60,64,65)/p+1. The van der Waals surface area contributed by atoms with Gasteiger partial charge in [0.15, 0.2) is 24.6 Å². The molecule has 0 spiro atoms. The molecule has 2 N–H and O–H groups in total. The van der Waals surface area contributed by atoms with Crippen LogP contribution in [0.15, 0.2) is 168 Å². The topological polar surface area (TPSA) is 201 Å². The molecule has 2 heterocycles. The van der Waals surface area contributed by atoms with E-state index in [1.165, 1.54) is 72.8 Å². The summed E-state index contributed by atoms with van der Waals surface area (Å²) in [5.74, 6) is -2.02. The van der Waals surface area contributed by atoms with E-state index in [0.717, 1.165) is 56.9 Å². The van der Waals surface area contributed by atoms with Crippen molar-refractivity contribution in [1.82, 2.24) is 29.0 Å². The predicted molar refractivity (Wildman–Crippen MR) is 253 cm³/mol. The number of aryl methyl sites for hydroxylation is 2. The first kappa shape index (κ1) is 51.7. The van der Waals surface area contributed by atoms with Gasteiger partial charge in [-0.25, -0.2) is 35.6 Å². The van der Waals surface area contributed by atoms with Gasteiger partial charge in [-0.2, -0.15) is 46.2 Å². The van der Waals surface area contributed by atoms with Gasteiger partial charge in [-0.1, -0.05) is 83.9 Å². The van der Waals surface area contributed by atoms with Gasteiger partial charge in [0.2, 0.25) is 0 Å². The van der Waals surface area contributed by atoms with Gasteiger partial charge >= 0.3 is 17.4 Å². The van der Waals surface area contributed by atoms with Crippen LogP contribution in [0.4, 0.5) is 26.3 Å². The lowest BCUT2D eigenvalue weighted by molar-refractivity contribution is -0.987. The molecule has 6 aromatic carbocycles. The Balaban J connectivity index is 0.809. The number of rotatable bonds is 16. The number of hydrogen-bond acceptors (Lipinski definition) is 11. The average molecular weight is 1060 g/mol. The maximum atomic E-state index is 13.6. The molecule has 0 aliphatic heterocycles. The number of carbonyl (C=O) groups is 2. The Morgan fingerprint density at radius 2 is 0.838 bits per heavy atom. The second kappa shape index (κ2) is 20.5. The molecule has 16 nitrogen and oxygen atoms in total. The quantitative estimate of drug-likeness (QED) is 0.0690. The van der Waals surface area contributed by atoms with Gasteiger partial charge in [-0.3, -0.25) is 9.59 Å². The van der Waals surface area contributed by atoms with E-state index in [9.17, 15) is 57.7 Å². The van der Waals surface area contributed by atoms with E-state index in [4.69, 9.17) is 9.68 Å². The van der Waals surface area contributed by atoms with Crippen molar-refractivity contribution in [2.24, 2.45) is 0 Å². The molecular formula is C50H38F6N7O9S2+. The van der Waals surface area contributed by atoms with Gasteiger partial charge in [-0.15, -0.1) is 0 Å². The Labute approximate surface area is 417 Å². The summed E-state index contributed by atoms with van der Waals surface area (Å²) in [5, 5.41) is 7.24. The van der Waals surface area contributed by atoms with E-state index in [-0.39, 0.29) is 62.0 Å². The minimum absolute atomic E-state index is 0.0839. The highest BCUT2D eigenvalue weighted by Gasteiger charge is 2.37. The molecule has 74 heavy (non-hydrogen) atoms. The zero-order valence-corrected chi connectivity index (χ0v) is 40.1. The number of alkyl halides is 6. The number of nitrogens with one attached hydrogen (secondary N) is 2. The van der Waals surface area contributed by atoms with Crippen molar-refractivity contribution in [3.63, 3.8) is 0 Å². The van der Waals surface area contributed by atoms with Crippen LogP contribution in [0.2, 0.25) is 0 Å². The van der Waals surface area contributed by atoms with E-state index in [1.807, 2.05) is 23.3 Å². The van der Waals surface area contributed by atoms with Crippen LogP contribution in [0, 0.1) is 18.8 Å². The van der Waals surface area contributed by atoms with Crippen molar-refractivity contribution in [3.05, 3.63) is 207 Å². The maximum Gasteiger partial charge on any atom is 0.478 e. The fourth-order valence-electron chi connectivity index (χ4n) is 7.10. The smallest absolute Gasteiger partial charge is 0.268 e. The summed E-state index contributed by atoms with van der Waals surface area (Å²) in [6.45, 7) is 2.94. The predicted octanol–water partition coefficient (Wildman–Crippen LogP) is 9.63. The number of hydrogen-bond donors (Lipinski definition) is 2. The highest BCUT2D eigenvalue weighted by molar-refractivity contribution is 7.90. The first-order valence-corrected chi connectivity index (χ1v) is 24.6. The first-order valence-electron chi connectivity index (χ1n) is 21.7.